The first-order valence-corrected chi connectivity index (χ1v) is 5.06. The summed E-state index contributed by atoms with van der Waals surface area (Å²) in [5.74, 6) is 0.734. The predicted octanol–water partition coefficient (Wildman–Crippen LogP) is 3.21. The third kappa shape index (κ3) is 2.66. The highest BCUT2D eigenvalue weighted by molar-refractivity contribution is 5.51. The molecule has 0 unspecified atom stereocenters. The van der Waals surface area contributed by atoms with Crippen LogP contribution in [0.15, 0.2) is 42.5 Å². The van der Waals surface area contributed by atoms with Crippen LogP contribution in [0.3, 0.4) is 0 Å². The summed E-state index contributed by atoms with van der Waals surface area (Å²) < 4.78 is 23.8. The van der Waals surface area contributed by atoms with Gasteiger partial charge in [0, 0.05) is 23.9 Å². The molecule has 0 atom stereocenters. The van der Waals surface area contributed by atoms with Crippen LogP contribution in [0.2, 0.25) is 0 Å². The molecule has 2 aromatic rings. The van der Waals surface area contributed by atoms with Crippen LogP contribution in [-0.2, 0) is 0 Å². The second-order valence-corrected chi connectivity index (χ2v) is 3.47. The minimum Gasteiger partial charge on any atom is -0.497 e. The van der Waals surface area contributed by atoms with Gasteiger partial charge < -0.3 is 15.2 Å². The molecule has 2 rings (SSSR count). The summed E-state index contributed by atoms with van der Waals surface area (Å²) in [6.45, 7) is 0. The average Bonchev–Trinajstić information content (AvgIpc) is 2.31. The van der Waals surface area contributed by atoms with Crippen molar-refractivity contribution in [1.29, 1.82) is 0 Å². The lowest BCUT2D eigenvalue weighted by molar-refractivity contribution is 0.405. The number of rotatable bonds is 3. The Kier molecular flexibility index (Phi) is 3.14. The third-order valence-electron chi connectivity index (χ3n) is 2.20. The Hall–Kier alpha value is -2.23. The van der Waals surface area contributed by atoms with Crippen molar-refractivity contribution in [3.8, 4) is 17.2 Å². The first-order valence-electron chi connectivity index (χ1n) is 5.06. The van der Waals surface area contributed by atoms with Crippen LogP contribution in [0.25, 0.3) is 0 Å². The van der Waals surface area contributed by atoms with Crippen LogP contribution in [0, 0.1) is 5.82 Å². The number of hydrogen-bond acceptors (Lipinski definition) is 3. The number of para-hydroxylation sites is 1. The largest absolute Gasteiger partial charge is 0.497 e. The molecule has 0 radical (unpaired) electrons. The van der Waals surface area contributed by atoms with E-state index in [1.165, 1.54) is 13.2 Å². The van der Waals surface area contributed by atoms with Crippen LogP contribution < -0.4 is 15.2 Å². The SMILES string of the molecule is COc1cc(N)cc(Oc2ccccc2F)c1. The topological polar surface area (TPSA) is 44.5 Å². The summed E-state index contributed by atoms with van der Waals surface area (Å²) in [5.41, 5.74) is 6.17. The fraction of sp³-hybridized carbons (Fsp3) is 0.0769. The first-order chi connectivity index (χ1) is 8.19. The summed E-state index contributed by atoms with van der Waals surface area (Å²) in [5, 5.41) is 0. The van der Waals surface area contributed by atoms with Crippen molar-refractivity contribution in [3.63, 3.8) is 0 Å². The maximum absolute atomic E-state index is 13.4. The third-order valence-corrected chi connectivity index (χ3v) is 2.20. The van der Waals surface area contributed by atoms with Gasteiger partial charge in [0.15, 0.2) is 11.6 Å². The van der Waals surface area contributed by atoms with E-state index >= 15 is 0 Å². The Labute approximate surface area is 98.6 Å². The average molecular weight is 233 g/mol. The lowest BCUT2D eigenvalue weighted by Crippen LogP contribution is -1.92. The molecule has 0 aliphatic carbocycles. The van der Waals surface area contributed by atoms with Gasteiger partial charge in [-0.25, -0.2) is 4.39 Å². The Morgan fingerprint density at radius 2 is 1.76 bits per heavy atom. The number of halogens is 1. The summed E-state index contributed by atoms with van der Waals surface area (Å²) in [6.07, 6.45) is 0. The van der Waals surface area contributed by atoms with Gasteiger partial charge in [-0.05, 0) is 12.1 Å². The van der Waals surface area contributed by atoms with Crippen molar-refractivity contribution >= 4 is 5.69 Å². The molecule has 3 nitrogen and oxygen atoms in total. The zero-order valence-electron chi connectivity index (χ0n) is 9.31. The summed E-state index contributed by atoms with van der Waals surface area (Å²) >= 11 is 0. The maximum atomic E-state index is 13.4. The quantitative estimate of drug-likeness (QED) is 0.828. The highest BCUT2D eigenvalue weighted by Crippen LogP contribution is 2.29. The Bertz CT molecular complexity index is 529. The minimum absolute atomic E-state index is 0.153. The fourth-order valence-electron chi connectivity index (χ4n) is 1.42. The van der Waals surface area contributed by atoms with Gasteiger partial charge in [-0.15, -0.1) is 0 Å². The molecule has 2 aromatic carbocycles. The highest BCUT2D eigenvalue weighted by Gasteiger charge is 2.05. The molecule has 88 valence electrons. The van der Waals surface area contributed by atoms with E-state index in [2.05, 4.69) is 0 Å². The van der Waals surface area contributed by atoms with Crippen LogP contribution in [0.4, 0.5) is 10.1 Å². The van der Waals surface area contributed by atoms with E-state index in [-0.39, 0.29) is 5.75 Å². The molecule has 4 heteroatoms. The molecule has 2 N–H and O–H groups in total. The maximum Gasteiger partial charge on any atom is 0.165 e. The van der Waals surface area contributed by atoms with E-state index in [1.54, 1.807) is 36.4 Å². The van der Waals surface area contributed by atoms with Gasteiger partial charge in [-0.3, -0.25) is 0 Å². The van der Waals surface area contributed by atoms with E-state index in [4.69, 9.17) is 15.2 Å². The molecule has 0 amide bonds. The second-order valence-electron chi connectivity index (χ2n) is 3.47. The molecule has 17 heavy (non-hydrogen) atoms. The predicted molar refractivity (Wildman–Crippen MR) is 63.9 cm³/mol. The van der Waals surface area contributed by atoms with Gasteiger partial charge in [0.1, 0.15) is 11.5 Å². The molecule has 0 aromatic heterocycles. The molecule has 0 aliphatic heterocycles. The zero-order valence-corrected chi connectivity index (χ0v) is 9.31. The van der Waals surface area contributed by atoms with Crippen molar-refractivity contribution < 1.29 is 13.9 Å². The molecular formula is C13H12FNO2. The summed E-state index contributed by atoms with van der Waals surface area (Å²) in [4.78, 5) is 0. The van der Waals surface area contributed by atoms with E-state index in [0.29, 0.717) is 17.2 Å². The van der Waals surface area contributed by atoms with Gasteiger partial charge in [-0.2, -0.15) is 0 Å². The molecule has 0 bridgehead atoms. The highest BCUT2D eigenvalue weighted by atomic mass is 19.1. The Balaban J connectivity index is 2.30. The molecule has 0 fully saturated rings. The number of ether oxygens (including phenoxy) is 2. The van der Waals surface area contributed by atoms with Crippen LogP contribution in [0.1, 0.15) is 0 Å². The van der Waals surface area contributed by atoms with E-state index < -0.39 is 5.82 Å². The second kappa shape index (κ2) is 4.74. The van der Waals surface area contributed by atoms with Gasteiger partial charge >= 0.3 is 0 Å². The molecule has 0 saturated heterocycles. The lowest BCUT2D eigenvalue weighted by Gasteiger charge is -2.09. The van der Waals surface area contributed by atoms with Crippen LogP contribution >= 0.6 is 0 Å². The van der Waals surface area contributed by atoms with Gasteiger partial charge in [-0.1, -0.05) is 12.1 Å². The van der Waals surface area contributed by atoms with Crippen molar-refractivity contribution in [1.82, 2.24) is 0 Å². The van der Waals surface area contributed by atoms with E-state index in [1.807, 2.05) is 0 Å². The van der Waals surface area contributed by atoms with Crippen molar-refractivity contribution in [3.05, 3.63) is 48.3 Å². The minimum atomic E-state index is -0.422. The number of benzene rings is 2. The lowest BCUT2D eigenvalue weighted by atomic mass is 10.3. The zero-order chi connectivity index (χ0) is 12.3. The number of hydrogen-bond donors (Lipinski definition) is 1. The number of methoxy groups -OCH3 is 1. The van der Waals surface area contributed by atoms with Crippen molar-refractivity contribution in [2.75, 3.05) is 12.8 Å². The van der Waals surface area contributed by atoms with Gasteiger partial charge in [0.2, 0.25) is 0 Å². The Morgan fingerprint density at radius 1 is 1.06 bits per heavy atom. The van der Waals surface area contributed by atoms with Gasteiger partial charge in [0.25, 0.3) is 0 Å². The van der Waals surface area contributed by atoms with E-state index in [9.17, 15) is 4.39 Å². The standard InChI is InChI=1S/C13H12FNO2/c1-16-10-6-9(15)7-11(8-10)17-13-5-3-2-4-12(13)14/h2-8H,15H2,1H3. The number of nitrogens with two attached hydrogens (primary N) is 1. The normalized spacial score (nSPS) is 10.0. The van der Waals surface area contributed by atoms with Crippen molar-refractivity contribution in [2.45, 2.75) is 0 Å². The smallest absolute Gasteiger partial charge is 0.165 e. The molecular weight excluding hydrogens is 221 g/mol. The number of nitrogen functional groups attached to an aromatic ring is 1. The van der Waals surface area contributed by atoms with Crippen LogP contribution in [0.5, 0.6) is 17.2 Å². The molecule has 0 heterocycles. The fourth-order valence-corrected chi connectivity index (χ4v) is 1.42. The monoisotopic (exact) mass is 233 g/mol. The summed E-state index contributed by atoms with van der Waals surface area (Å²) in [7, 11) is 1.53. The molecule has 0 spiro atoms. The van der Waals surface area contributed by atoms with Crippen molar-refractivity contribution in [2.24, 2.45) is 0 Å². The Morgan fingerprint density at radius 3 is 2.47 bits per heavy atom. The van der Waals surface area contributed by atoms with Gasteiger partial charge in [0.05, 0.1) is 7.11 Å². The molecule has 0 aliphatic rings. The first kappa shape index (κ1) is 11.3. The van der Waals surface area contributed by atoms with Crippen LogP contribution in [-0.4, -0.2) is 7.11 Å². The summed E-state index contributed by atoms with van der Waals surface area (Å²) in [6, 6.07) is 11.1. The van der Waals surface area contributed by atoms with E-state index in [0.717, 1.165) is 0 Å². The number of anilines is 1. The molecule has 0 saturated carbocycles.